The summed E-state index contributed by atoms with van der Waals surface area (Å²) in [7, 11) is -3.01. The molecule has 2 rings (SSSR count). The molecule has 2 heterocycles. The number of sulfone groups is 1. The molecule has 9 heteroatoms. The summed E-state index contributed by atoms with van der Waals surface area (Å²) in [5.74, 6) is 0.0155. The number of rotatable bonds is 0. The van der Waals surface area contributed by atoms with Gasteiger partial charge in [0.05, 0.1) is 11.5 Å². The van der Waals surface area contributed by atoms with Crippen LogP contribution < -0.4 is 0 Å². The first-order chi connectivity index (χ1) is 9.39. The Labute approximate surface area is 117 Å². The highest BCUT2D eigenvalue weighted by molar-refractivity contribution is 7.91. The Morgan fingerprint density at radius 1 is 0.800 bits per heavy atom. The second-order valence-corrected chi connectivity index (χ2v) is 7.34. The Morgan fingerprint density at radius 3 is 1.90 bits per heavy atom. The first kappa shape index (κ1) is 14.9. The maximum Gasteiger partial charge on any atom is 0.407 e. The van der Waals surface area contributed by atoms with Crippen molar-refractivity contribution in [3.05, 3.63) is 0 Å². The Kier molecular flexibility index (Phi) is 4.36. The van der Waals surface area contributed by atoms with Gasteiger partial charge >= 0.3 is 12.1 Å². The number of amides is 3. The Morgan fingerprint density at radius 2 is 1.30 bits per heavy atom. The highest BCUT2D eigenvalue weighted by Crippen LogP contribution is 2.10. The summed E-state index contributed by atoms with van der Waals surface area (Å²) in [6, 6.07) is -0.188. The average Bonchev–Trinajstić information content (AvgIpc) is 2.63. The van der Waals surface area contributed by atoms with Crippen LogP contribution in [0.3, 0.4) is 0 Å². The van der Waals surface area contributed by atoms with E-state index in [9.17, 15) is 18.0 Å². The van der Waals surface area contributed by atoms with Gasteiger partial charge in [0.15, 0.2) is 9.84 Å². The molecule has 114 valence electrons. The van der Waals surface area contributed by atoms with Crippen LogP contribution in [0.25, 0.3) is 0 Å². The van der Waals surface area contributed by atoms with E-state index in [1.807, 2.05) is 0 Å². The van der Waals surface area contributed by atoms with Crippen molar-refractivity contribution in [1.29, 1.82) is 0 Å². The van der Waals surface area contributed by atoms with Crippen molar-refractivity contribution in [2.45, 2.75) is 6.42 Å². The molecule has 0 atom stereocenters. The topological polar surface area (TPSA) is 98.2 Å². The highest BCUT2D eigenvalue weighted by Gasteiger charge is 2.29. The van der Waals surface area contributed by atoms with Gasteiger partial charge in [0.25, 0.3) is 0 Å². The molecule has 3 amide bonds. The Balaban J connectivity index is 1.91. The lowest BCUT2D eigenvalue weighted by Crippen LogP contribution is -2.50. The van der Waals surface area contributed by atoms with Crippen LogP contribution in [0.1, 0.15) is 6.42 Å². The van der Waals surface area contributed by atoms with Crippen LogP contribution in [0, 0.1) is 0 Å². The number of nitrogens with zero attached hydrogens (tertiary/aromatic N) is 3. The molecule has 20 heavy (non-hydrogen) atoms. The summed E-state index contributed by atoms with van der Waals surface area (Å²) in [6.45, 7) is 2.03. The fourth-order valence-electron chi connectivity index (χ4n) is 2.40. The van der Waals surface area contributed by atoms with Crippen molar-refractivity contribution in [1.82, 2.24) is 14.7 Å². The zero-order valence-corrected chi connectivity index (χ0v) is 12.0. The van der Waals surface area contributed by atoms with Crippen molar-refractivity contribution in [3.63, 3.8) is 0 Å². The molecular formula is C11H19N3O5S. The lowest BCUT2D eigenvalue weighted by molar-refractivity contribution is 0.142. The second kappa shape index (κ2) is 5.86. The lowest BCUT2D eigenvalue weighted by atomic mass is 10.4. The quantitative estimate of drug-likeness (QED) is 0.652. The number of hydrogen-bond donors (Lipinski definition) is 1. The zero-order valence-electron chi connectivity index (χ0n) is 11.2. The van der Waals surface area contributed by atoms with E-state index in [2.05, 4.69) is 0 Å². The minimum atomic E-state index is -3.01. The molecule has 2 fully saturated rings. The third kappa shape index (κ3) is 3.53. The monoisotopic (exact) mass is 305 g/mol. The second-order valence-electron chi connectivity index (χ2n) is 5.03. The molecule has 0 radical (unpaired) electrons. The molecule has 0 bridgehead atoms. The molecule has 0 aromatic heterocycles. The first-order valence-electron chi connectivity index (χ1n) is 6.61. The number of carbonyl (C=O) groups is 2. The van der Waals surface area contributed by atoms with Crippen LogP contribution in [-0.4, -0.2) is 91.1 Å². The van der Waals surface area contributed by atoms with Gasteiger partial charge in [0.1, 0.15) is 0 Å². The molecule has 2 aliphatic heterocycles. The van der Waals surface area contributed by atoms with Crippen molar-refractivity contribution in [2.75, 3.05) is 50.8 Å². The van der Waals surface area contributed by atoms with Crippen molar-refractivity contribution in [2.24, 2.45) is 0 Å². The van der Waals surface area contributed by atoms with E-state index >= 15 is 0 Å². The van der Waals surface area contributed by atoms with Gasteiger partial charge in [-0.2, -0.15) is 0 Å². The van der Waals surface area contributed by atoms with E-state index in [1.165, 1.54) is 9.80 Å². The number of carboxylic acid groups (broad SMARTS) is 1. The molecular weight excluding hydrogens is 286 g/mol. The summed E-state index contributed by atoms with van der Waals surface area (Å²) in [4.78, 5) is 27.6. The highest BCUT2D eigenvalue weighted by atomic mass is 32.2. The lowest BCUT2D eigenvalue weighted by Gasteiger charge is -2.32. The summed E-state index contributed by atoms with van der Waals surface area (Å²) in [5, 5.41) is 8.94. The molecule has 0 saturated carbocycles. The van der Waals surface area contributed by atoms with E-state index in [-0.39, 0.29) is 30.6 Å². The van der Waals surface area contributed by atoms with Gasteiger partial charge in [-0.15, -0.1) is 0 Å². The van der Waals surface area contributed by atoms with Gasteiger partial charge < -0.3 is 19.8 Å². The molecule has 0 spiro atoms. The fourth-order valence-corrected chi connectivity index (χ4v) is 3.60. The maximum atomic E-state index is 12.3. The molecule has 0 unspecified atom stereocenters. The van der Waals surface area contributed by atoms with Gasteiger partial charge in [0.2, 0.25) is 0 Å². The minimum absolute atomic E-state index is 0.00777. The smallest absolute Gasteiger partial charge is 0.407 e. The van der Waals surface area contributed by atoms with Gasteiger partial charge in [-0.05, 0) is 6.42 Å². The van der Waals surface area contributed by atoms with Crippen LogP contribution in [0.2, 0.25) is 0 Å². The molecule has 2 saturated heterocycles. The Bertz CT molecular complexity index is 478. The summed E-state index contributed by atoms with van der Waals surface area (Å²) in [5.41, 5.74) is 0. The van der Waals surface area contributed by atoms with Crippen LogP contribution in [-0.2, 0) is 9.84 Å². The van der Waals surface area contributed by atoms with Gasteiger partial charge in [-0.25, -0.2) is 18.0 Å². The normalized spacial score (nSPS) is 23.3. The van der Waals surface area contributed by atoms with E-state index in [0.717, 1.165) is 0 Å². The molecule has 2 aliphatic rings. The summed E-state index contributed by atoms with van der Waals surface area (Å²) < 4.78 is 22.7. The van der Waals surface area contributed by atoms with Gasteiger partial charge in [-0.3, -0.25) is 0 Å². The fraction of sp³-hybridized carbons (Fsp3) is 0.818. The predicted octanol–water partition coefficient (Wildman–Crippen LogP) is -0.477. The molecule has 8 nitrogen and oxygen atoms in total. The maximum absolute atomic E-state index is 12.3. The van der Waals surface area contributed by atoms with Crippen LogP contribution >= 0.6 is 0 Å². The number of carbonyl (C=O) groups excluding carboxylic acids is 1. The van der Waals surface area contributed by atoms with Crippen LogP contribution in [0.15, 0.2) is 0 Å². The summed E-state index contributed by atoms with van der Waals surface area (Å²) in [6.07, 6.45) is -0.368. The molecule has 0 aromatic rings. The van der Waals surface area contributed by atoms with Crippen molar-refractivity contribution in [3.8, 4) is 0 Å². The standard InChI is InChI=1S/C11H19N3O5S/c15-10(13-6-8-20(18,19)9-7-13)12-2-1-3-14(5-4-12)11(16)17/h1-9H2,(H,16,17). The third-order valence-electron chi connectivity index (χ3n) is 3.65. The van der Waals surface area contributed by atoms with Crippen molar-refractivity contribution < 1.29 is 23.1 Å². The zero-order chi connectivity index (χ0) is 14.8. The molecule has 1 N–H and O–H groups in total. The SMILES string of the molecule is O=C(O)N1CCCN(C(=O)N2CCS(=O)(=O)CC2)CC1. The third-order valence-corrected chi connectivity index (χ3v) is 5.26. The van der Waals surface area contributed by atoms with Gasteiger partial charge in [-0.1, -0.05) is 0 Å². The average molecular weight is 305 g/mol. The van der Waals surface area contributed by atoms with Crippen molar-refractivity contribution >= 4 is 22.0 Å². The van der Waals surface area contributed by atoms with E-state index in [0.29, 0.717) is 32.6 Å². The van der Waals surface area contributed by atoms with E-state index < -0.39 is 15.9 Å². The predicted molar refractivity (Wildman–Crippen MR) is 71.4 cm³/mol. The Hall–Kier alpha value is -1.51. The molecule has 0 aliphatic carbocycles. The largest absolute Gasteiger partial charge is 0.465 e. The van der Waals surface area contributed by atoms with E-state index in [1.54, 1.807) is 4.90 Å². The van der Waals surface area contributed by atoms with E-state index in [4.69, 9.17) is 5.11 Å². The summed E-state index contributed by atoms with van der Waals surface area (Å²) >= 11 is 0. The number of urea groups is 1. The van der Waals surface area contributed by atoms with Gasteiger partial charge in [0, 0.05) is 39.3 Å². The van der Waals surface area contributed by atoms with Crippen LogP contribution in [0.4, 0.5) is 9.59 Å². The number of hydrogen-bond acceptors (Lipinski definition) is 4. The van der Waals surface area contributed by atoms with Crippen LogP contribution in [0.5, 0.6) is 0 Å². The minimum Gasteiger partial charge on any atom is -0.465 e. The molecule has 0 aromatic carbocycles. The first-order valence-corrected chi connectivity index (χ1v) is 8.43.